The number of nitrogens with zero attached hydrogens (tertiary/aromatic N) is 1. The fourth-order valence-electron chi connectivity index (χ4n) is 2.84. The lowest BCUT2D eigenvalue weighted by atomic mass is 10.2. The van der Waals surface area contributed by atoms with Gasteiger partial charge in [0.1, 0.15) is 6.17 Å². The van der Waals surface area contributed by atoms with Crippen LogP contribution >= 0.6 is 11.3 Å². The Morgan fingerprint density at radius 3 is 2.71 bits per heavy atom. The van der Waals surface area contributed by atoms with Gasteiger partial charge < -0.3 is 4.90 Å². The molecule has 0 bridgehead atoms. The number of thiophene rings is 1. The van der Waals surface area contributed by atoms with E-state index in [1.807, 2.05) is 11.0 Å². The average molecular weight is 298 g/mol. The molecule has 1 saturated heterocycles. The van der Waals surface area contributed by atoms with Gasteiger partial charge in [-0.15, -0.1) is 11.3 Å². The summed E-state index contributed by atoms with van der Waals surface area (Å²) in [5, 5.41) is 3.36. The van der Waals surface area contributed by atoms with E-state index >= 15 is 0 Å². The first kappa shape index (κ1) is 13.0. The van der Waals surface area contributed by atoms with Crippen LogP contribution in [0.2, 0.25) is 0 Å². The highest BCUT2D eigenvalue weighted by Gasteiger charge is 2.36. The van der Waals surface area contributed by atoms with Gasteiger partial charge in [-0.3, -0.25) is 10.1 Å². The lowest BCUT2D eigenvalue weighted by Crippen LogP contribution is -2.31. The maximum atomic E-state index is 12.1. The van der Waals surface area contributed by atoms with Gasteiger partial charge in [0.25, 0.3) is 0 Å². The molecule has 0 spiro atoms. The molecule has 1 aromatic carbocycles. The minimum atomic E-state index is 0.0700. The van der Waals surface area contributed by atoms with E-state index in [-0.39, 0.29) is 12.1 Å². The first-order valence-electron chi connectivity index (χ1n) is 7.49. The molecule has 2 aromatic rings. The maximum absolute atomic E-state index is 12.1. The van der Waals surface area contributed by atoms with Crippen LogP contribution in [0.3, 0.4) is 0 Å². The van der Waals surface area contributed by atoms with E-state index < -0.39 is 0 Å². The van der Waals surface area contributed by atoms with Crippen molar-refractivity contribution in [3.63, 3.8) is 0 Å². The standard InChI is InChI=1S/C17H18N2OS/c20-16-10-18-17(19(16)11-12-6-7-12)15-9-8-14(21-15)13-4-2-1-3-5-13/h1-5,8-9,12,17-18H,6-7,10-11H2. The second-order valence-electron chi connectivity index (χ2n) is 5.84. The molecule has 1 unspecified atom stereocenters. The number of hydrogen-bond donors (Lipinski definition) is 1. The zero-order valence-electron chi connectivity index (χ0n) is 11.8. The number of carbonyl (C=O) groups is 1. The molecule has 21 heavy (non-hydrogen) atoms. The third-order valence-corrected chi connectivity index (χ3v) is 5.37. The first-order valence-corrected chi connectivity index (χ1v) is 8.31. The molecule has 1 aliphatic carbocycles. The number of rotatable bonds is 4. The molecular formula is C17H18N2OS. The molecule has 4 heteroatoms. The van der Waals surface area contributed by atoms with Gasteiger partial charge in [0.2, 0.25) is 5.91 Å². The van der Waals surface area contributed by atoms with Crippen LogP contribution in [0.25, 0.3) is 10.4 Å². The second-order valence-corrected chi connectivity index (χ2v) is 6.96. The summed E-state index contributed by atoms with van der Waals surface area (Å²) in [5.74, 6) is 0.964. The van der Waals surface area contributed by atoms with Gasteiger partial charge in [-0.1, -0.05) is 30.3 Å². The third kappa shape index (κ3) is 2.61. The highest BCUT2D eigenvalue weighted by atomic mass is 32.1. The van der Waals surface area contributed by atoms with E-state index in [0.29, 0.717) is 6.54 Å². The highest BCUT2D eigenvalue weighted by molar-refractivity contribution is 7.15. The zero-order chi connectivity index (χ0) is 14.2. The van der Waals surface area contributed by atoms with Crippen LogP contribution in [0.15, 0.2) is 42.5 Å². The van der Waals surface area contributed by atoms with Crippen molar-refractivity contribution in [2.24, 2.45) is 5.92 Å². The molecule has 1 saturated carbocycles. The van der Waals surface area contributed by atoms with Crippen LogP contribution < -0.4 is 5.32 Å². The minimum Gasteiger partial charge on any atom is -0.321 e. The average Bonchev–Trinajstić information content (AvgIpc) is 3.07. The maximum Gasteiger partial charge on any atom is 0.238 e. The van der Waals surface area contributed by atoms with Crippen molar-refractivity contribution in [2.75, 3.05) is 13.1 Å². The summed E-state index contributed by atoms with van der Waals surface area (Å²) < 4.78 is 0. The Morgan fingerprint density at radius 1 is 1.14 bits per heavy atom. The summed E-state index contributed by atoms with van der Waals surface area (Å²) in [6.45, 7) is 1.38. The summed E-state index contributed by atoms with van der Waals surface area (Å²) in [4.78, 5) is 16.6. The van der Waals surface area contributed by atoms with Crippen molar-refractivity contribution in [1.82, 2.24) is 10.2 Å². The molecule has 1 amide bonds. The van der Waals surface area contributed by atoms with Crippen LogP contribution in [0.4, 0.5) is 0 Å². The number of benzene rings is 1. The molecule has 1 aromatic heterocycles. The summed E-state index contributed by atoms with van der Waals surface area (Å²) in [7, 11) is 0. The molecule has 0 radical (unpaired) electrons. The number of carbonyl (C=O) groups excluding carboxylic acids is 1. The Kier molecular flexibility index (Phi) is 3.28. The molecule has 4 rings (SSSR count). The van der Waals surface area contributed by atoms with Crippen molar-refractivity contribution >= 4 is 17.2 Å². The molecule has 1 aliphatic heterocycles. The van der Waals surface area contributed by atoms with Gasteiger partial charge in [-0.2, -0.15) is 0 Å². The van der Waals surface area contributed by atoms with E-state index in [0.717, 1.165) is 12.5 Å². The monoisotopic (exact) mass is 298 g/mol. The molecular weight excluding hydrogens is 280 g/mol. The fourth-order valence-corrected chi connectivity index (χ4v) is 3.94. The third-order valence-electron chi connectivity index (χ3n) is 4.19. The molecule has 2 fully saturated rings. The normalized spacial score (nSPS) is 22.0. The second kappa shape index (κ2) is 5.28. The summed E-state index contributed by atoms with van der Waals surface area (Å²) in [6.07, 6.45) is 2.62. The Bertz CT molecular complexity index is 648. The van der Waals surface area contributed by atoms with Crippen molar-refractivity contribution in [2.45, 2.75) is 19.0 Å². The summed E-state index contributed by atoms with van der Waals surface area (Å²) >= 11 is 1.78. The largest absolute Gasteiger partial charge is 0.321 e. The van der Waals surface area contributed by atoms with E-state index in [1.165, 1.54) is 28.2 Å². The van der Waals surface area contributed by atoms with E-state index in [9.17, 15) is 4.79 Å². The van der Waals surface area contributed by atoms with Gasteiger partial charge in [0.15, 0.2) is 0 Å². The van der Waals surface area contributed by atoms with Crippen molar-refractivity contribution in [3.8, 4) is 10.4 Å². The SMILES string of the molecule is O=C1CNC(c2ccc(-c3ccccc3)s2)N1CC1CC1. The topological polar surface area (TPSA) is 32.3 Å². The lowest BCUT2D eigenvalue weighted by Gasteiger charge is -2.23. The van der Waals surface area contributed by atoms with Crippen LogP contribution in [0.5, 0.6) is 0 Å². The number of hydrogen-bond acceptors (Lipinski definition) is 3. The van der Waals surface area contributed by atoms with Crippen molar-refractivity contribution in [3.05, 3.63) is 47.3 Å². The van der Waals surface area contributed by atoms with Crippen molar-refractivity contribution < 1.29 is 4.79 Å². The van der Waals surface area contributed by atoms with Crippen LogP contribution in [-0.4, -0.2) is 23.9 Å². The molecule has 3 nitrogen and oxygen atoms in total. The molecule has 2 heterocycles. The van der Waals surface area contributed by atoms with Crippen LogP contribution in [0.1, 0.15) is 23.9 Å². The number of nitrogens with one attached hydrogen (secondary N) is 1. The van der Waals surface area contributed by atoms with Gasteiger partial charge in [-0.05, 0) is 36.5 Å². The van der Waals surface area contributed by atoms with E-state index in [1.54, 1.807) is 11.3 Å². The van der Waals surface area contributed by atoms with Crippen molar-refractivity contribution in [1.29, 1.82) is 0 Å². The Balaban J connectivity index is 1.58. The molecule has 108 valence electrons. The smallest absolute Gasteiger partial charge is 0.238 e. The first-order chi connectivity index (χ1) is 10.3. The van der Waals surface area contributed by atoms with E-state index in [4.69, 9.17) is 0 Å². The lowest BCUT2D eigenvalue weighted by molar-refractivity contribution is -0.128. The molecule has 1 N–H and O–H groups in total. The Hall–Kier alpha value is -1.65. The predicted molar refractivity (Wildman–Crippen MR) is 84.9 cm³/mol. The highest BCUT2D eigenvalue weighted by Crippen LogP contribution is 2.37. The fraction of sp³-hybridized carbons (Fsp3) is 0.353. The van der Waals surface area contributed by atoms with Gasteiger partial charge in [0.05, 0.1) is 6.54 Å². The predicted octanol–water partition coefficient (Wildman–Crippen LogP) is 3.26. The Morgan fingerprint density at radius 2 is 1.95 bits per heavy atom. The van der Waals surface area contributed by atoms with Gasteiger partial charge in [-0.25, -0.2) is 0 Å². The number of amides is 1. The quantitative estimate of drug-likeness (QED) is 0.939. The molecule has 1 atom stereocenters. The molecule has 2 aliphatic rings. The van der Waals surface area contributed by atoms with E-state index in [2.05, 4.69) is 41.7 Å². The Labute approximate surface area is 128 Å². The van der Waals surface area contributed by atoms with Gasteiger partial charge in [0, 0.05) is 16.3 Å². The van der Waals surface area contributed by atoms with Crippen LogP contribution in [-0.2, 0) is 4.79 Å². The van der Waals surface area contributed by atoms with Gasteiger partial charge >= 0.3 is 0 Å². The summed E-state index contributed by atoms with van der Waals surface area (Å²) in [6, 6.07) is 14.7. The zero-order valence-corrected chi connectivity index (χ0v) is 12.6. The summed E-state index contributed by atoms with van der Waals surface area (Å²) in [5.41, 5.74) is 1.24. The minimum absolute atomic E-state index is 0.0700. The van der Waals surface area contributed by atoms with Crippen LogP contribution in [0, 0.1) is 5.92 Å².